The summed E-state index contributed by atoms with van der Waals surface area (Å²) < 4.78 is 25.9. The second kappa shape index (κ2) is 24.9. The van der Waals surface area contributed by atoms with E-state index >= 15 is 0 Å². The molecule has 0 aromatic carbocycles. The number of aliphatic hydroxyl groups is 1. The van der Waals surface area contributed by atoms with Crippen molar-refractivity contribution in [2.75, 3.05) is 26.4 Å². The highest BCUT2D eigenvalue weighted by Gasteiger charge is 2.24. The molecule has 4 N–H and O–H groups in total. The number of carbonyl (C=O) groups excluding carboxylic acids is 1. The van der Waals surface area contributed by atoms with Gasteiger partial charge in [-0.1, -0.05) is 80.5 Å². The minimum absolute atomic E-state index is 0.0578. The zero-order valence-corrected chi connectivity index (χ0v) is 22.6. The summed E-state index contributed by atoms with van der Waals surface area (Å²) in [4.78, 5) is 21.3. The van der Waals surface area contributed by atoms with Crippen molar-refractivity contribution in [2.45, 2.75) is 77.2 Å². The van der Waals surface area contributed by atoms with E-state index in [1.165, 1.54) is 25.7 Å². The molecule has 0 aliphatic heterocycles. The number of ether oxygens (including phenoxy) is 1. The smallest absolute Gasteiger partial charge is 0.457 e. The molecule has 9 heteroatoms. The number of rotatable bonds is 23. The van der Waals surface area contributed by atoms with E-state index in [0.717, 1.165) is 25.7 Å². The predicted molar refractivity (Wildman–Crippen MR) is 145 cm³/mol. The van der Waals surface area contributed by atoms with Gasteiger partial charge in [-0.25, -0.2) is 4.57 Å². The SMILES string of the molecule is CCCCCC=CCC=CCC=CCC=CCC=CCCC(=O)OC(CO)COP(=O)(O)OCCN. The summed E-state index contributed by atoms with van der Waals surface area (Å²) in [5, 5.41) is 9.26. The van der Waals surface area contributed by atoms with Crippen LogP contribution in [0, 0.1) is 0 Å². The number of allylic oxidation sites excluding steroid dienone is 10. The number of hydrogen-bond donors (Lipinski definition) is 3. The Labute approximate surface area is 217 Å². The van der Waals surface area contributed by atoms with Crippen molar-refractivity contribution < 1.29 is 33.1 Å². The maximum atomic E-state index is 11.9. The lowest BCUT2D eigenvalue weighted by atomic mass is 10.2. The molecule has 0 saturated carbocycles. The first-order valence-corrected chi connectivity index (χ1v) is 14.3. The summed E-state index contributed by atoms with van der Waals surface area (Å²) in [6.45, 7) is 1.14. The molecule has 0 aliphatic carbocycles. The highest BCUT2D eigenvalue weighted by Crippen LogP contribution is 2.42. The molecular weight excluding hydrogens is 481 g/mol. The molecule has 0 aromatic heterocycles. The summed E-state index contributed by atoms with van der Waals surface area (Å²) in [7, 11) is -4.29. The molecule has 8 nitrogen and oxygen atoms in total. The van der Waals surface area contributed by atoms with Crippen molar-refractivity contribution in [1.29, 1.82) is 0 Å². The summed E-state index contributed by atoms with van der Waals surface area (Å²) >= 11 is 0. The van der Waals surface area contributed by atoms with Crippen LogP contribution >= 0.6 is 7.82 Å². The van der Waals surface area contributed by atoms with Crippen LogP contribution in [-0.2, 0) is 23.1 Å². The van der Waals surface area contributed by atoms with Gasteiger partial charge >= 0.3 is 13.8 Å². The van der Waals surface area contributed by atoms with E-state index < -0.39 is 33.1 Å². The Morgan fingerprint density at radius 3 is 1.89 bits per heavy atom. The van der Waals surface area contributed by atoms with Gasteiger partial charge in [0.05, 0.1) is 19.8 Å². The molecule has 0 heterocycles. The topological polar surface area (TPSA) is 128 Å². The second-order valence-electron chi connectivity index (χ2n) is 8.01. The van der Waals surface area contributed by atoms with Gasteiger partial charge in [-0.3, -0.25) is 13.8 Å². The molecule has 0 spiro atoms. The quantitative estimate of drug-likeness (QED) is 0.0670. The maximum absolute atomic E-state index is 11.9. The lowest BCUT2D eigenvalue weighted by molar-refractivity contribution is -0.153. The number of unbranched alkanes of at least 4 members (excludes halogenated alkanes) is 3. The van der Waals surface area contributed by atoms with Crippen LogP contribution in [-0.4, -0.2) is 48.4 Å². The lowest BCUT2D eigenvalue weighted by Gasteiger charge is -2.17. The molecule has 0 aliphatic rings. The van der Waals surface area contributed by atoms with Crippen molar-refractivity contribution in [3.05, 3.63) is 60.8 Å². The standard InChI is InChI=1S/C27H46NO7P/c1-2-3-4-5-6-7-8-9-10-11-12-13-14-15-16-17-18-19-20-21-27(30)35-26(24-29)25-34-36(31,32)33-23-22-28/h6-7,9-10,12-13,15-16,18-19,26,29H,2-5,8,11,14,17,20-25,28H2,1H3,(H,31,32). The van der Waals surface area contributed by atoms with Gasteiger partial charge in [0.2, 0.25) is 0 Å². The van der Waals surface area contributed by atoms with Crippen molar-refractivity contribution in [2.24, 2.45) is 5.73 Å². The van der Waals surface area contributed by atoms with E-state index in [4.69, 9.17) is 15.0 Å². The summed E-state index contributed by atoms with van der Waals surface area (Å²) in [6.07, 6.45) is 29.4. The number of phosphoric ester groups is 1. The van der Waals surface area contributed by atoms with E-state index in [1.807, 2.05) is 12.2 Å². The fourth-order valence-electron chi connectivity index (χ4n) is 2.78. The van der Waals surface area contributed by atoms with Crippen LogP contribution in [0.4, 0.5) is 0 Å². The van der Waals surface area contributed by atoms with Crippen molar-refractivity contribution in [1.82, 2.24) is 0 Å². The third kappa shape index (κ3) is 23.9. The zero-order valence-electron chi connectivity index (χ0n) is 21.7. The molecule has 36 heavy (non-hydrogen) atoms. The van der Waals surface area contributed by atoms with Gasteiger partial charge in [-0.05, 0) is 44.9 Å². The Kier molecular flexibility index (Phi) is 23.6. The van der Waals surface area contributed by atoms with Gasteiger partial charge in [-0.15, -0.1) is 0 Å². The van der Waals surface area contributed by atoms with E-state index in [1.54, 1.807) is 0 Å². The average molecular weight is 528 g/mol. The first-order chi connectivity index (χ1) is 17.4. The monoisotopic (exact) mass is 527 g/mol. The summed E-state index contributed by atoms with van der Waals surface area (Å²) in [6, 6.07) is 0. The normalized spacial score (nSPS) is 15.1. The minimum atomic E-state index is -4.29. The Balaban J connectivity index is 3.85. The first-order valence-electron chi connectivity index (χ1n) is 12.8. The number of hydrogen-bond acceptors (Lipinski definition) is 7. The van der Waals surface area contributed by atoms with Crippen LogP contribution in [0.5, 0.6) is 0 Å². The highest BCUT2D eigenvalue weighted by molar-refractivity contribution is 7.47. The third-order valence-corrected chi connectivity index (χ3v) is 5.69. The van der Waals surface area contributed by atoms with Crippen molar-refractivity contribution in [3.8, 4) is 0 Å². The molecule has 0 bridgehead atoms. The molecule has 2 unspecified atom stereocenters. The Bertz CT molecular complexity index is 732. The van der Waals surface area contributed by atoms with Crippen LogP contribution < -0.4 is 5.73 Å². The van der Waals surface area contributed by atoms with Crippen LogP contribution in [0.15, 0.2) is 60.8 Å². The number of nitrogens with two attached hydrogens (primary N) is 1. The van der Waals surface area contributed by atoms with Gasteiger partial charge in [0.1, 0.15) is 6.10 Å². The minimum Gasteiger partial charge on any atom is -0.457 e. The van der Waals surface area contributed by atoms with Gasteiger partial charge in [0.25, 0.3) is 0 Å². The molecule has 0 radical (unpaired) electrons. The Morgan fingerprint density at radius 2 is 1.39 bits per heavy atom. The Morgan fingerprint density at radius 1 is 0.861 bits per heavy atom. The van der Waals surface area contributed by atoms with E-state index in [2.05, 4.69) is 60.1 Å². The number of carbonyl (C=O) groups is 1. The zero-order chi connectivity index (χ0) is 26.7. The van der Waals surface area contributed by atoms with Crippen LogP contribution in [0.1, 0.15) is 71.1 Å². The van der Waals surface area contributed by atoms with Gasteiger partial charge < -0.3 is 20.5 Å². The summed E-state index contributed by atoms with van der Waals surface area (Å²) in [5.74, 6) is -0.532. The molecule has 0 saturated heterocycles. The number of phosphoric acid groups is 1. The van der Waals surface area contributed by atoms with Crippen LogP contribution in [0.25, 0.3) is 0 Å². The largest absolute Gasteiger partial charge is 0.472 e. The van der Waals surface area contributed by atoms with Crippen molar-refractivity contribution >= 4 is 13.8 Å². The number of aliphatic hydroxyl groups excluding tert-OH is 1. The number of esters is 1. The molecular formula is C27H46NO7P. The van der Waals surface area contributed by atoms with E-state index in [9.17, 15) is 19.4 Å². The lowest BCUT2D eigenvalue weighted by Crippen LogP contribution is -2.27. The highest BCUT2D eigenvalue weighted by atomic mass is 31.2. The van der Waals surface area contributed by atoms with Crippen LogP contribution in [0.2, 0.25) is 0 Å². The third-order valence-electron chi connectivity index (χ3n) is 4.71. The van der Waals surface area contributed by atoms with Crippen LogP contribution in [0.3, 0.4) is 0 Å². The molecule has 206 valence electrons. The van der Waals surface area contributed by atoms with Gasteiger partial charge in [0.15, 0.2) is 0 Å². The molecule has 0 amide bonds. The summed E-state index contributed by atoms with van der Waals surface area (Å²) in [5.41, 5.74) is 5.19. The van der Waals surface area contributed by atoms with Gasteiger partial charge in [-0.2, -0.15) is 0 Å². The second-order valence-corrected chi connectivity index (χ2v) is 9.47. The molecule has 0 fully saturated rings. The predicted octanol–water partition coefficient (Wildman–Crippen LogP) is 5.68. The van der Waals surface area contributed by atoms with Gasteiger partial charge in [0, 0.05) is 13.0 Å². The first kappa shape index (κ1) is 34.2. The fraction of sp³-hybridized carbons (Fsp3) is 0.593. The Hall–Kier alpha value is -1.80. The van der Waals surface area contributed by atoms with E-state index in [0.29, 0.717) is 6.42 Å². The average Bonchev–Trinajstić information content (AvgIpc) is 2.86. The van der Waals surface area contributed by atoms with Crippen molar-refractivity contribution in [3.63, 3.8) is 0 Å². The fourth-order valence-corrected chi connectivity index (χ4v) is 3.55. The molecule has 0 aromatic rings. The van der Waals surface area contributed by atoms with E-state index in [-0.39, 0.29) is 19.6 Å². The molecule has 2 atom stereocenters. The maximum Gasteiger partial charge on any atom is 0.472 e. The molecule has 0 rings (SSSR count).